The molecule has 1 aliphatic carbocycles. The van der Waals surface area contributed by atoms with Crippen LogP contribution in [0.5, 0.6) is 5.75 Å². The lowest BCUT2D eigenvalue weighted by Gasteiger charge is -2.28. The van der Waals surface area contributed by atoms with Crippen LogP contribution in [-0.2, 0) is 23.8 Å². The van der Waals surface area contributed by atoms with E-state index in [1.165, 1.54) is 19.8 Å². The fourth-order valence-corrected chi connectivity index (χ4v) is 3.20. The Hall–Kier alpha value is -2.44. The molecule has 6 heteroatoms. The summed E-state index contributed by atoms with van der Waals surface area (Å²) >= 11 is 0. The largest absolute Gasteiger partial charge is 0.459 e. The monoisotopic (exact) mass is 388 g/mol. The predicted octanol–water partition coefficient (Wildman–Crippen LogP) is 3.57. The van der Waals surface area contributed by atoms with Gasteiger partial charge in [0.2, 0.25) is 0 Å². The molecule has 1 aromatic carbocycles. The van der Waals surface area contributed by atoms with Crippen LogP contribution < -0.4 is 4.74 Å². The summed E-state index contributed by atoms with van der Waals surface area (Å²) < 4.78 is 20.6. The molecule has 1 aromatic rings. The quantitative estimate of drug-likeness (QED) is 0.366. The highest BCUT2D eigenvalue weighted by Gasteiger charge is 2.25. The second-order valence-electron chi connectivity index (χ2n) is 6.91. The van der Waals surface area contributed by atoms with Gasteiger partial charge in [-0.25, -0.2) is 9.59 Å². The number of methoxy groups -OCH3 is 2. The number of hydrogen-bond donors (Lipinski definition) is 0. The van der Waals surface area contributed by atoms with Gasteiger partial charge in [0.15, 0.2) is 0 Å². The second kappa shape index (κ2) is 10.8. The lowest BCUT2D eigenvalue weighted by Crippen LogP contribution is -2.25. The van der Waals surface area contributed by atoms with Crippen LogP contribution in [-0.4, -0.2) is 45.5 Å². The SMILES string of the molecule is C=C(COC)C(=O)Oc1ccc(C2CCC(OC(=O)C(=C)COC)CC2)cc1. The zero-order valence-corrected chi connectivity index (χ0v) is 16.6. The Morgan fingerprint density at radius 1 is 0.893 bits per heavy atom. The van der Waals surface area contributed by atoms with Crippen LogP contribution in [0.25, 0.3) is 0 Å². The summed E-state index contributed by atoms with van der Waals surface area (Å²) in [6.45, 7) is 7.63. The minimum Gasteiger partial charge on any atom is -0.459 e. The molecule has 0 spiro atoms. The summed E-state index contributed by atoms with van der Waals surface area (Å²) in [5.74, 6) is -0.00544. The van der Waals surface area contributed by atoms with Crippen molar-refractivity contribution in [1.29, 1.82) is 0 Å². The van der Waals surface area contributed by atoms with Crippen molar-refractivity contribution >= 4 is 11.9 Å². The van der Waals surface area contributed by atoms with E-state index in [0.717, 1.165) is 25.7 Å². The van der Waals surface area contributed by atoms with Crippen LogP contribution in [0.2, 0.25) is 0 Å². The van der Waals surface area contributed by atoms with Crippen LogP contribution in [0.15, 0.2) is 48.6 Å². The van der Waals surface area contributed by atoms with E-state index in [-0.39, 0.29) is 30.9 Å². The highest BCUT2D eigenvalue weighted by atomic mass is 16.5. The van der Waals surface area contributed by atoms with E-state index in [9.17, 15) is 9.59 Å². The van der Waals surface area contributed by atoms with Crippen molar-refractivity contribution in [2.24, 2.45) is 0 Å². The summed E-state index contributed by atoms with van der Waals surface area (Å²) in [5, 5.41) is 0. The summed E-state index contributed by atoms with van der Waals surface area (Å²) in [5.41, 5.74) is 1.79. The van der Waals surface area contributed by atoms with Gasteiger partial charge < -0.3 is 18.9 Å². The zero-order chi connectivity index (χ0) is 20.5. The maximum Gasteiger partial charge on any atom is 0.341 e. The fourth-order valence-electron chi connectivity index (χ4n) is 3.20. The number of benzene rings is 1. The topological polar surface area (TPSA) is 71.1 Å². The zero-order valence-electron chi connectivity index (χ0n) is 16.6. The standard InChI is InChI=1S/C22H28O6/c1-15(13-25-3)21(23)27-19-9-5-17(6-10-19)18-7-11-20(12-8-18)28-22(24)16(2)14-26-4/h5-6,9-10,18,20H,1-2,7-8,11-14H2,3-4H3. The first-order valence-corrected chi connectivity index (χ1v) is 9.31. The third-order valence-corrected chi connectivity index (χ3v) is 4.72. The van der Waals surface area contributed by atoms with Gasteiger partial charge in [-0.15, -0.1) is 0 Å². The molecule has 0 atom stereocenters. The lowest BCUT2D eigenvalue weighted by molar-refractivity contribution is -0.146. The maximum atomic E-state index is 11.9. The van der Waals surface area contributed by atoms with Gasteiger partial charge >= 0.3 is 11.9 Å². The van der Waals surface area contributed by atoms with Crippen molar-refractivity contribution in [2.75, 3.05) is 27.4 Å². The second-order valence-corrected chi connectivity index (χ2v) is 6.91. The van der Waals surface area contributed by atoms with Gasteiger partial charge in [-0.3, -0.25) is 0 Å². The number of ether oxygens (including phenoxy) is 4. The van der Waals surface area contributed by atoms with Crippen LogP contribution in [0.1, 0.15) is 37.2 Å². The number of rotatable bonds is 9. The molecule has 1 saturated carbocycles. The summed E-state index contributed by atoms with van der Waals surface area (Å²) in [4.78, 5) is 23.8. The molecule has 2 rings (SSSR count). The molecule has 0 aromatic heterocycles. The van der Waals surface area contributed by atoms with Crippen LogP contribution in [0, 0.1) is 0 Å². The molecule has 0 saturated heterocycles. The van der Waals surface area contributed by atoms with E-state index in [1.54, 1.807) is 12.1 Å². The molecule has 28 heavy (non-hydrogen) atoms. The van der Waals surface area contributed by atoms with Gasteiger partial charge in [0.05, 0.1) is 24.4 Å². The molecule has 1 fully saturated rings. The number of hydrogen-bond acceptors (Lipinski definition) is 6. The Morgan fingerprint density at radius 3 is 1.96 bits per heavy atom. The van der Waals surface area contributed by atoms with Crippen molar-refractivity contribution in [2.45, 2.75) is 37.7 Å². The van der Waals surface area contributed by atoms with Gasteiger partial charge in [0, 0.05) is 14.2 Å². The Kier molecular flexibility index (Phi) is 8.42. The molecule has 1 aliphatic rings. The predicted molar refractivity (Wildman–Crippen MR) is 105 cm³/mol. The smallest absolute Gasteiger partial charge is 0.341 e. The summed E-state index contributed by atoms with van der Waals surface area (Å²) in [6.07, 6.45) is 3.40. The van der Waals surface area contributed by atoms with Crippen molar-refractivity contribution < 1.29 is 28.5 Å². The highest BCUT2D eigenvalue weighted by Crippen LogP contribution is 2.35. The molecule has 152 valence electrons. The molecule has 0 unspecified atom stereocenters. The molecule has 6 nitrogen and oxygen atoms in total. The average Bonchev–Trinajstić information content (AvgIpc) is 2.69. The Morgan fingerprint density at radius 2 is 1.43 bits per heavy atom. The van der Waals surface area contributed by atoms with Gasteiger partial charge in [0.1, 0.15) is 11.9 Å². The normalized spacial score (nSPS) is 18.9. The minimum atomic E-state index is -0.494. The van der Waals surface area contributed by atoms with E-state index < -0.39 is 5.97 Å². The number of esters is 2. The minimum absolute atomic E-state index is 0.0793. The highest BCUT2D eigenvalue weighted by molar-refractivity contribution is 5.89. The van der Waals surface area contributed by atoms with Gasteiger partial charge in [0.25, 0.3) is 0 Å². The van der Waals surface area contributed by atoms with E-state index >= 15 is 0 Å². The fraction of sp³-hybridized carbons (Fsp3) is 0.455. The molecule has 0 radical (unpaired) electrons. The average molecular weight is 388 g/mol. The third kappa shape index (κ3) is 6.32. The van der Waals surface area contributed by atoms with E-state index in [2.05, 4.69) is 13.2 Å². The van der Waals surface area contributed by atoms with Crippen LogP contribution in [0.4, 0.5) is 0 Å². The Labute approximate surface area is 166 Å². The van der Waals surface area contributed by atoms with E-state index in [4.69, 9.17) is 18.9 Å². The molecular formula is C22H28O6. The van der Waals surface area contributed by atoms with Crippen molar-refractivity contribution in [3.63, 3.8) is 0 Å². The lowest BCUT2D eigenvalue weighted by atomic mass is 9.83. The molecular weight excluding hydrogens is 360 g/mol. The van der Waals surface area contributed by atoms with E-state index in [0.29, 0.717) is 17.2 Å². The van der Waals surface area contributed by atoms with E-state index in [1.807, 2.05) is 12.1 Å². The first-order chi connectivity index (χ1) is 13.4. The molecule has 0 N–H and O–H groups in total. The maximum absolute atomic E-state index is 11.9. The van der Waals surface area contributed by atoms with Crippen LogP contribution in [0.3, 0.4) is 0 Å². The molecule has 0 heterocycles. The number of carbonyl (C=O) groups is 2. The Bertz CT molecular complexity index is 698. The first kappa shape index (κ1) is 21.9. The van der Waals surface area contributed by atoms with Crippen LogP contribution >= 0.6 is 0 Å². The first-order valence-electron chi connectivity index (χ1n) is 9.31. The van der Waals surface area contributed by atoms with Crippen molar-refractivity contribution in [3.8, 4) is 5.75 Å². The van der Waals surface area contributed by atoms with Crippen molar-refractivity contribution in [3.05, 3.63) is 54.1 Å². The third-order valence-electron chi connectivity index (χ3n) is 4.72. The van der Waals surface area contributed by atoms with Gasteiger partial charge in [-0.1, -0.05) is 25.3 Å². The molecule has 0 amide bonds. The Balaban J connectivity index is 1.82. The van der Waals surface area contributed by atoms with Crippen molar-refractivity contribution in [1.82, 2.24) is 0 Å². The van der Waals surface area contributed by atoms with Gasteiger partial charge in [-0.05, 0) is 49.3 Å². The van der Waals surface area contributed by atoms with Gasteiger partial charge in [-0.2, -0.15) is 0 Å². The number of carbonyl (C=O) groups excluding carboxylic acids is 2. The summed E-state index contributed by atoms with van der Waals surface area (Å²) in [6, 6.07) is 7.51. The summed E-state index contributed by atoms with van der Waals surface area (Å²) in [7, 11) is 3.02. The molecule has 0 bridgehead atoms. The molecule has 0 aliphatic heterocycles.